The minimum Gasteiger partial charge on any atom is -0.369 e. The standard InChI is InChI=1S/C21H24N6O4S/c22-18(28)17-12-21(17)13-26(20-16-6-8-23-19(16)24-14-25-20)9-10-27(21)32(29,30)31-11-7-15-4-2-1-3-5-15/h1-6,8,14,17H,7,9-13H2,(H2,22,28)(H,23,24,25). The summed E-state index contributed by atoms with van der Waals surface area (Å²) in [5, 5.41) is 0.842. The van der Waals surface area contributed by atoms with Gasteiger partial charge in [0.1, 0.15) is 17.8 Å². The van der Waals surface area contributed by atoms with Gasteiger partial charge in [0.2, 0.25) is 5.91 Å². The Kier molecular flexibility index (Phi) is 5.11. The third-order valence-corrected chi connectivity index (χ3v) is 7.84. The number of carbonyl (C=O) groups is 1. The lowest BCUT2D eigenvalue weighted by Crippen LogP contribution is -2.59. The number of amides is 1. The lowest BCUT2D eigenvalue weighted by atomic mass is 10.1. The Morgan fingerprint density at radius 2 is 2.03 bits per heavy atom. The maximum absolute atomic E-state index is 13.1. The van der Waals surface area contributed by atoms with Gasteiger partial charge in [-0.25, -0.2) is 9.97 Å². The Hall–Kier alpha value is -3.02. The van der Waals surface area contributed by atoms with Crippen LogP contribution in [-0.2, 0) is 25.7 Å². The van der Waals surface area contributed by atoms with E-state index in [1.54, 1.807) is 6.20 Å². The summed E-state index contributed by atoms with van der Waals surface area (Å²) >= 11 is 0. The molecule has 10 nitrogen and oxygen atoms in total. The molecule has 1 saturated carbocycles. The highest BCUT2D eigenvalue weighted by Crippen LogP contribution is 2.52. The topological polar surface area (TPSA) is 135 Å². The number of rotatable bonds is 7. The van der Waals surface area contributed by atoms with Crippen molar-refractivity contribution in [2.45, 2.75) is 18.4 Å². The van der Waals surface area contributed by atoms with Crippen LogP contribution < -0.4 is 10.6 Å². The number of carbonyl (C=O) groups excluding carboxylic acids is 1. The van der Waals surface area contributed by atoms with Gasteiger partial charge in [-0.2, -0.15) is 12.7 Å². The number of hydrogen-bond acceptors (Lipinski definition) is 7. The van der Waals surface area contributed by atoms with Crippen molar-refractivity contribution in [1.82, 2.24) is 19.3 Å². The fourth-order valence-corrected chi connectivity index (χ4v) is 6.06. The van der Waals surface area contributed by atoms with Crippen molar-refractivity contribution in [3.05, 3.63) is 54.5 Å². The molecule has 2 unspecified atom stereocenters. The first kappa shape index (κ1) is 20.9. The molecule has 1 aliphatic carbocycles. The average molecular weight is 457 g/mol. The van der Waals surface area contributed by atoms with Gasteiger partial charge in [0.25, 0.3) is 0 Å². The lowest BCUT2D eigenvalue weighted by molar-refractivity contribution is -0.120. The molecule has 2 fully saturated rings. The number of nitrogens with zero attached hydrogens (tertiary/aromatic N) is 4. The van der Waals surface area contributed by atoms with Crippen LogP contribution in [0.2, 0.25) is 0 Å². The molecule has 1 saturated heterocycles. The van der Waals surface area contributed by atoms with Gasteiger partial charge in [0.05, 0.1) is 23.4 Å². The number of aromatic nitrogens is 3. The van der Waals surface area contributed by atoms with Gasteiger partial charge in [-0.1, -0.05) is 30.3 Å². The smallest absolute Gasteiger partial charge is 0.339 e. The molecule has 3 N–H and O–H groups in total. The molecule has 11 heteroatoms. The summed E-state index contributed by atoms with van der Waals surface area (Å²) < 4.78 is 32.9. The van der Waals surface area contributed by atoms with Crippen molar-refractivity contribution in [2.24, 2.45) is 11.7 Å². The van der Waals surface area contributed by atoms with Gasteiger partial charge in [-0.3, -0.25) is 8.98 Å². The van der Waals surface area contributed by atoms with E-state index in [2.05, 4.69) is 15.0 Å². The molecular formula is C21H24N6O4S. The summed E-state index contributed by atoms with van der Waals surface area (Å²) in [6, 6.07) is 11.4. The highest BCUT2D eigenvalue weighted by Gasteiger charge is 2.66. The molecular weight excluding hydrogens is 432 g/mol. The first-order chi connectivity index (χ1) is 15.4. The van der Waals surface area contributed by atoms with Gasteiger partial charge in [0, 0.05) is 25.8 Å². The average Bonchev–Trinajstić information content (AvgIpc) is 3.26. The fraction of sp³-hybridized carbons (Fsp3) is 0.381. The Morgan fingerprint density at radius 1 is 1.22 bits per heavy atom. The normalized spacial score (nSPS) is 23.6. The van der Waals surface area contributed by atoms with Crippen molar-refractivity contribution in [3.8, 4) is 0 Å². The lowest BCUT2D eigenvalue weighted by Gasteiger charge is -2.41. The number of anilines is 1. The van der Waals surface area contributed by atoms with Crippen molar-refractivity contribution >= 4 is 33.1 Å². The third kappa shape index (κ3) is 3.61. The molecule has 2 aromatic heterocycles. The number of benzene rings is 1. The van der Waals surface area contributed by atoms with Crippen LogP contribution in [0.15, 0.2) is 48.9 Å². The third-order valence-electron chi connectivity index (χ3n) is 6.29. The van der Waals surface area contributed by atoms with Crippen LogP contribution in [0.3, 0.4) is 0 Å². The molecule has 0 bridgehead atoms. The maximum atomic E-state index is 13.1. The van der Waals surface area contributed by atoms with Crippen LogP contribution in [0.5, 0.6) is 0 Å². The zero-order valence-corrected chi connectivity index (χ0v) is 18.2. The zero-order chi connectivity index (χ0) is 22.3. The number of primary amides is 1. The van der Waals surface area contributed by atoms with E-state index in [0.717, 1.165) is 10.9 Å². The first-order valence-electron chi connectivity index (χ1n) is 10.4. The monoisotopic (exact) mass is 456 g/mol. The maximum Gasteiger partial charge on any atom is 0.339 e. The summed E-state index contributed by atoms with van der Waals surface area (Å²) in [7, 11) is -4.04. The van der Waals surface area contributed by atoms with Crippen molar-refractivity contribution in [3.63, 3.8) is 0 Å². The van der Waals surface area contributed by atoms with E-state index < -0.39 is 27.7 Å². The SMILES string of the molecule is NC(=O)C1CC12CN(c1ncnc3[nH]ccc13)CCN2S(=O)(=O)OCCc1ccccc1. The van der Waals surface area contributed by atoms with Gasteiger partial charge in [-0.15, -0.1) is 0 Å². The summed E-state index contributed by atoms with van der Waals surface area (Å²) in [5.74, 6) is -0.375. The number of hydrogen-bond donors (Lipinski definition) is 2. The number of piperazine rings is 1. The van der Waals surface area contributed by atoms with Gasteiger partial charge < -0.3 is 15.6 Å². The van der Waals surface area contributed by atoms with E-state index in [1.807, 2.05) is 41.3 Å². The molecule has 1 aliphatic heterocycles. The predicted octanol–water partition coefficient (Wildman–Crippen LogP) is 0.828. The Labute approximate surface area is 185 Å². The van der Waals surface area contributed by atoms with E-state index >= 15 is 0 Å². The molecule has 168 valence electrons. The van der Waals surface area contributed by atoms with Crippen molar-refractivity contribution < 1.29 is 17.4 Å². The van der Waals surface area contributed by atoms with Crippen LogP contribution in [0.25, 0.3) is 11.0 Å². The Balaban J connectivity index is 1.36. The van der Waals surface area contributed by atoms with E-state index in [1.165, 1.54) is 10.6 Å². The van der Waals surface area contributed by atoms with Crippen molar-refractivity contribution in [1.29, 1.82) is 0 Å². The van der Waals surface area contributed by atoms with Crippen LogP contribution in [0, 0.1) is 5.92 Å². The van der Waals surface area contributed by atoms with E-state index in [9.17, 15) is 13.2 Å². The minimum absolute atomic E-state index is 0.0275. The Bertz CT molecular complexity index is 1250. The molecule has 32 heavy (non-hydrogen) atoms. The minimum atomic E-state index is -4.04. The second-order valence-electron chi connectivity index (χ2n) is 8.21. The highest BCUT2D eigenvalue weighted by molar-refractivity contribution is 7.84. The molecule has 3 aromatic rings. The molecule has 1 aromatic carbocycles. The fourth-order valence-electron chi connectivity index (χ4n) is 4.63. The second-order valence-corrected chi connectivity index (χ2v) is 9.74. The summed E-state index contributed by atoms with van der Waals surface area (Å²) in [5.41, 5.74) is 6.35. The quantitative estimate of drug-likeness (QED) is 0.538. The van der Waals surface area contributed by atoms with Crippen LogP contribution >= 0.6 is 0 Å². The van der Waals surface area contributed by atoms with Crippen molar-refractivity contribution in [2.75, 3.05) is 31.1 Å². The van der Waals surface area contributed by atoms with Gasteiger partial charge in [0.15, 0.2) is 0 Å². The number of fused-ring (bicyclic) bond motifs is 1. The molecule has 2 atom stereocenters. The number of nitrogens with two attached hydrogens (primary N) is 1. The molecule has 1 amide bonds. The highest BCUT2D eigenvalue weighted by atomic mass is 32.2. The Morgan fingerprint density at radius 3 is 2.78 bits per heavy atom. The zero-order valence-electron chi connectivity index (χ0n) is 17.3. The first-order valence-corrected chi connectivity index (χ1v) is 11.8. The summed E-state index contributed by atoms with van der Waals surface area (Å²) in [6.07, 6.45) is 4.08. The second kappa shape index (κ2) is 7.84. The number of aromatic amines is 1. The largest absolute Gasteiger partial charge is 0.369 e. The van der Waals surface area contributed by atoms with Crippen LogP contribution in [0.4, 0.5) is 5.82 Å². The number of H-pyrrole nitrogens is 1. The molecule has 0 radical (unpaired) electrons. The molecule has 1 spiro atoms. The summed E-state index contributed by atoms with van der Waals surface area (Å²) in [6.45, 7) is 0.915. The van der Waals surface area contributed by atoms with Crippen LogP contribution in [0.1, 0.15) is 12.0 Å². The van der Waals surface area contributed by atoms with Crippen LogP contribution in [-0.4, -0.2) is 65.4 Å². The molecule has 5 rings (SSSR count). The van der Waals surface area contributed by atoms with E-state index in [-0.39, 0.29) is 13.2 Å². The van der Waals surface area contributed by atoms with E-state index in [4.69, 9.17) is 9.92 Å². The van der Waals surface area contributed by atoms with Gasteiger partial charge in [-0.05, 0) is 24.5 Å². The predicted molar refractivity (Wildman–Crippen MR) is 118 cm³/mol. The molecule has 3 heterocycles. The summed E-state index contributed by atoms with van der Waals surface area (Å²) in [4.78, 5) is 25.7. The van der Waals surface area contributed by atoms with Gasteiger partial charge >= 0.3 is 10.3 Å². The number of nitrogens with one attached hydrogen (secondary N) is 1. The van der Waals surface area contributed by atoms with E-state index in [0.29, 0.717) is 37.4 Å². The molecule has 2 aliphatic rings.